The van der Waals surface area contributed by atoms with E-state index in [0.717, 1.165) is 19.3 Å². The van der Waals surface area contributed by atoms with Crippen LogP contribution in [0.3, 0.4) is 0 Å². The molecule has 0 bridgehead atoms. The quantitative estimate of drug-likeness (QED) is 0.706. The molecule has 0 aliphatic rings. The van der Waals surface area contributed by atoms with Crippen molar-refractivity contribution in [1.82, 2.24) is 10.6 Å². The molecule has 0 aromatic rings. The van der Waals surface area contributed by atoms with Crippen LogP contribution >= 0.6 is 0 Å². The molecule has 1 atom stereocenters. The van der Waals surface area contributed by atoms with Gasteiger partial charge in [-0.15, -0.1) is 0 Å². The van der Waals surface area contributed by atoms with Gasteiger partial charge in [-0.05, 0) is 47.0 Å². The summed E-state index contributed by atoms with van der Waals surface area (Å²) in [6.07, 6.45) is 2.13. The highest BCUT2D eigenvalue weighted by atomic mass is 16.6. The van der Waals surface area contributed by atoms with Crippen LogP contribution in [0.2, 0.25) is 0 Å². The molecular formula is C15H28N2O3. The molecule has 5 heteroatoms. The van der Waals surface area contributed by atoms with Crippen molar-refractivity contribution in [2.45, 2.75) is 65.5 Å². The molecule has 0 radical (unpaired) electrons. The fourth-order valence-corrected chi connectivity index (χ4v) is 1.46. The second-order valence-corrected chi connectivity index (χ2v) is 5.97. The van der Waals surface area contributed by atoms with Crippen LogP contribution in [0.25, 0.3) is 0 Å². The van der Waals surface area contributed by atoms with Gasteiger partial charge in [-0.1, -0.05) is 19.1 Å². The molecule has 0 aromatic carbocycles. The van der Waals surface area contributed by atoms with Gasteiger partial charge in [0, 0.05) is 6.04 Å². The average Bonchev–Trinajstić information content (AvgIpc) is 2.31. The number of amides is 2. The van der Waals surface area contributed by atoms with Gasteiger partial charge in [0.1, 0.15) is 12.1 Å². The van der Waals surface area contributed by atoms with Crippen molar-refractivity contribution in [3.63, 3.8) is 0 Å². The molecule has 2 amide bonds. The number of hydrogen-bond donors (Lipinski definition) is 2. The monoisotopic (exact) mass is 284 g/mol. The lowest BCUT2D eigenvalue weighted by Gasteiger charge is -2.20. The molecule has 0 aromatic heterocycles. The average molecular weight is 284 g/mol. The lowest BCUT2D eigenvalue weighted by Crippen LogP contribution is -2.42. The summed E-state index contributed by atoms with van der Waals surface area (Å²) in [5.41, 5.74) is 0.618. The molecule has 116 valence electrons. The van der Waals surface area contributed by atoms with E-state index in [9.17, 15) is 9.59 Å². The Morgan fingerprint density at radius 1 is 1.30 bits per heavy atom. The van der Waals surface area contributed by atoms with E-state index >= 15 is 0 Å². The highest BCUT2D eigenvalue weighted by Gasteiger charge is 2.16. The zero-order valence-electron chi connectivity index (χ0n) is 13.3. The van der Waals surface area contributed by atoms with Crippen LogP contribution in [0.5, 0.6) is 0 Å². The van der Waals surface area contributed by atoms with Crippen molar-refractivity contribution in [2.75, 3.05) is 6.54 Å². The molecule has 0 aliphatic carbocycles. The zero-order chi connectivity index (χ0) is 15.8. The van der Waals surface area contributed by atoms with Crippen LogP contribution in [-0.4, -0.2) is 30.2 Å². The van der Waals surface area contributed by atoms with Crippen LogP contribution in [0.1, 0.15) is 53.9 Å². The Morgan fingerprint density at radius 2 is 1.90 bits per heavy atom. The standard InChI is InChI=1S/C15H28N2O3/c1-7-11(2)8-9-12(3)17-13(18)10-16-14(19)20-15(4,5)6/h12H,2,7-10H2,1,3-6H3,(H,16,19)(H,17,18)/t12-/m1/s1. The van der Waals surface area contributed by atoms with E-state index in [4.69, 9.17) is 4.74 Å². The first kappa shape index (κ1) is 18.5. The van der Waals surface area contributed by atoms with E-state index in [1.54, 1.807) is 20.8 Å². The molecule has 0 saturated heterocycles. The van der Waals surface area contributed by atoms with Gasteiger partial charge in [0.05, 0.1) is 0 Å². The van der Waals surface area contributed by atoms with Crippen LogP contribution in [0.15, 0.2) is 12.2 Å². The van der Waals surface area contributed by atoms with Gasteiger partial charge in [0.15, 0.2) is 0 Å². The number of allylic oxidation sites excluding steroid dienone is 1. The smallest absolute Gasteiger partial charge is 0.408 e. The molecule has 0 rings (SSSR count). The molecule has 0 heterocycles. The fourth-order valence-electron chi connectivity index (χ4n) is 1.46. The first-order valence-electron chi connectivity index (χ1n) is 7.07. The predicted molar refractivity (Wildman–Crippen MR) is 80.5 cm³/mol. The number of carbonyl (C=O) groups is 2. The maximum atomic E-state index is 11.6. The topological polar surface area (TPSA) is 67.4 Å². The summed E-state index contributed by atoms with van der Waals surface area (Å²) in [4.78, 5) is 23.0. The number of ether oxygens (including phenoxy) is 1. The summed E-state index contributed by atoms with van der Waals surface area (Å²) >= 11 is 0. The molecule has 0 spiro atoms. The third kappa shape index (κ3) is 10.4. The summed E-state index contributed by atoms with van der Waals surface area (Å²) in [5.74, 6) is -0.217. The SMILES string of the molecule is C=C(CC)CC[C@@H](C)NC(=O)CNC(=O)OC(C)(C)C. The van der Waals surface area contributed by atoms with E-state index in [-0.39, 0.29) is 18.5 Å². The van der Waals surface area contributed by atoms with Gasteiger partial charge in [0.2, 0.25) is 5.91 Å². The lowest BCUT2D eigenvalue weighted by molar-refractivity contribution is -0.120. The van der Waals surface area contributed by atoms with Crippen molar-refractivity contribution in [3.05, 3.63) is 12.2 Å². The molecular weight excluding hydrogens is 256 g/mol. The molecule has 20 heavy (non-hydrogen) atoms. The minimum absolute atomic E-state index is 0.0613. The molecule has 0 saturated carbocycles. The number of hydrogen-bond acceptors (Lipinski definition) is 3. The summed E-state index contributed by atoms with van der Waals surface area (Å²) in [7, 11) is 0. The van der Waals surface area contributed by atoms with Gasteiger partial charge in [-0.2, -0.15) is 0 Å². The summed E-state index contributed by atoms with van der Waals surface area (Å²) in [5, 5.41) is 5.26. The molecule has 5 nitrogen and oxygen atoms in total. The number of alkyl carbamates (subject to hydrolysis) is 1. The second kappa shape index (κ2) is 8.61. The van der Waals surface area contributed by atoms with E-state index < -0.39 is 11.7 Å². The fraction of sp³-hybridized carbons (Fsp3) is 0.733. The van der Waals surface area contributed by atoms with Crippen LogP contribution in [0.4, 0.5) is 4.79 Å². The Balaban J connectivity index is 3.88. The Labute approximate surface area is 122 Å². The Bertz CT molecular complexity index is 346. The summed E-state index contributed by atoms with van der Waals surface area (Å²) < 4.78 is 5.04. The first-order chi connectivity index (χ1) is 9.14. The first-order valence-corrected chi connectivity index (χ1v) is 7.07. The molecule has 0 unspecified atom stereocenters. The molecule has 0 fully saturated rings. The van der Waals surface area contributed by atoms with Crippen molar-refractivity contribution < 1.29 is 14.3 Å². The zero-order valence-corrected chi connectivity index (χ0v) is 13.3. The van der Waals surface area contributed by atoms with Crippen molar-refractivity contribution in [2.24, 2.45) is 0 Å². The van der Waals surface area contributed by atoms with Crippen molar-refractivity contribution in [3.8, 4) is 0 Å². The Morgan fingerprint density at radius 3 is 2.40 bits per heavy atom. The predicted octanol–water partition coefficient (Wildman–Crippen LogP) is 2.76. The second-order valence-electron chi connectivity index (χ2n) is 5.97. The van der Waals surface area contributed by atoms with E-state index in [2.05, 4.69) is 24.1 Å². The van der Waals surface area contributed by atoms with Gasteiger partial charge in [0.25, 0.3) is 0 Å². The van der Waals surface area contributed by atoms with Crippen molar-refractivity contribution >= 4 is 12.0 Å². The number of rotatable bonds is 7. The van der Waals surface area contributed by atoms with E-state index in [1.807, 2.05) is 6.92 Å². The maximum Gasteiger partial charge on any atom is 0.408 e. The van der Waals surface area contributed by atoms with Gasteiger partial charge in [-0.3, -0.25) is 4.79 Å². The Hall–Kier alpha value is -1.52. The van der Waals surface area contributed by atoms with Gasteiger partial charge >= 0.3 is 6.09 Å². The summed E-state index contributed by atoms with van der Waals surface area (Å²) in [6, 6.07) is 0.0613. The number of nitrogens with one attached hydrogen (secondary N) is 2. The largest absolute Gasteiger partial charge is 0.444 e. The van der Waals surface area contributed by atoms with Crippen molar-refractivity contribution in [1.29, 1.82) is 0 Å². The van der Waals surface area contributed by atoms with Gasteiger partial charge in [-0.25, -0.2) is 4.79 Å². The molecule has 2 N–H and O–H groups in total. The third-order valence-electron chi connectivity index (χ3n) is 2.63. The van der Waals surface area contributed by atoms with Crippen LogP contribution in [0, 0.1) is 0 Å². The maximum absolute atomic E-state index is 11.6. The molecule has 0 aliphatic heterocycles. The number of carbonyl (C=O) groups excluding carboxylic acids is 2. The van der Waals surface area contributed by atoms with E-state index in [1.165, 1.54) is 5.57 Å². The minimum atomic E-state index is -0.584. The highest BCUT2D eigenvalue weighted by Crippen LogP contribution is 2.08. The van der Waals surface area contributed by atoms with Crippen LogP contribution < -0.4 is 10.6 Å². The summed E-state index contributed by atoms with van der Waals surface area (Å²) in [6.45, 7) is 13.2. The third-order valence-corrected chi connectivity index (χ3v) is 2.63. The van der Waals surface area contributed by atoms with E-state index in [0.29, 0.717) is 0 Å². The minimum Gasteiger partial charge on any atom is -0.444 e. The lowest BCUT2D eigenvalue weighted by atomic mass is 10.1. The Kier molecular flexibility index (Phi) is 7.96. The normalized spacial score (nSPS) is 12.4. The van der Waals surface area contributed by atoms with Gasteiger partial charge < -0.3 is 15.4 Å². The highest BCUT2D eigenvalue weighted by molar-refractivity contribution is 5.82. The van der Waals surface area contributed by atoms with Crippen LogP contribution in [-0.2, 0) is 9.53 Å².